The Morgan fingerprint density at radius 3 is 2.26 bits per heavy atom. The average molecular weight is 578 g/mol. The van der Waals surface area contributed by atoms with Crippen LogP contribution in [0, 0.1) is 11.7 Å². The maximum Gasteiger partial charge on any atom is 0.264 e. The van der Waals surface area contributed by atoms with E-state index in [1.165, 1.54) is 45.0 Å². The first-order valence-corrected chi connectivity index (χ1v) is 15.3. The molecule has 0 bridgehead atoms. The van der Waals surface area contributed by atoms with Crippen LogP contribution in [-0.2, 0) is 31.3 Å². The van der Waals surface area contributed by atoms with Crippen molar-refractivity contribution in [2.24, 2.45) is 5.92 Å². The largest absolute Gasteiger partial charge is 0.326 e. The van der Waals surface area contributed by atoms with E-state index in [4.69, 9.17) is 11.6 Å². The second-order valence-electron chi connectivity index (χ2n) is 9.27. The predicted octanol–water partition coefficient (Wildman–Crippen LogP) is 4.27. The number of hydrogen-bond acceptors (Lipinski definition) is 5. The summed E-state index contributed by atoms with van der Waals surface area (Å²) in [5.41, 5.74) is 1.75. The number of amides is 1. The highest BCUT2D eigenvalue weighted by Crippen LogP contribution is 2.35. The van der Waals surface area contributed by atoms with Crippen LogP contribution in [0.5, 0.6) is 0 Å². The van der Waals surface area contributed by atoms with Crippen LogP contribution in [0.1, 0.15) is 18.4 Å². The molecule has 0 aromatic heterocycles. The van der Waals surface area contributed by atoms with Crippen molar-refractivity contribution in [3.63, 3.8) is 0 Å². The molecule has 1 fully saturated rings. The third-order valence-corrected chi connectivity index (χ3v) is 10.8. The summed E-state index contributed by atoms with van der Waals surface area (Å²) in [5, 5.41) is 3.26. The Balaban J connectivity index is 1.32. The average Bonchev–Trinajstić information content (AvgIpc) is 3.33. The number of halogens is 2. The molecule has 12 heteroatoms. The SMILES string of the molecule is O=C(Nc1ccc2c(c1)N(S(=O)(=O)c1ccc(Cl)cc1)CC2)[C@H]1CCCN(S(=O)(=O)c2ccc(F)cc2)C1. The molecule has 8 nitrogen and oxygen atoms in total. The van der Waals surface area contributed by atoms with Gasteiger partial charge in [-0.2, -0.15) is 4.31 Å². The molecule has 3 aromatic rings. The summed E-state index contributed by atoms with van der Waals surface area (Å²) in [6.07, 6.45) is 1.54. The fourth-order valence-corrected chi connectivity index (χ4v) is 7.93. The van der Waals surface area contributed by atoms with Crippen molar-refractivity contribution in [2.75, 3.05) is 29.3 Å². The highest BCUT2D eigenvalue weighted by Gasteiger charge is 2.34. The van der Waals surface area contributed by atoms with Gasteiger partial charge in [0.15, 0.2) is 0 Å². The van der Waals surface area contributed by atoms with E-state index in [0.29, 0.717) is 35.7 Å². The summed E-state index contributed by atoms with van der Waals surface area (Å²) in [7, 11) is -7.70. The van der Waals surface area contributed by atoms with E-state index < -0.39 is 31.8 Å². The number of benzene rings is 3. The van der Waals surface area contributed by atoms with Crippen molar-refractivity contribution >= 4 is 48.9 Å². The first-order valence-electron chi connectivity index (χ1n) is 12.0. The Bertz CT molecular complexity index is 1580. The number of fused-ring (bicyclic) bond motifs is 1. The molecule has 0 aliphatic carbocycles. The van der Waals surface area contributed by atoms with Crippen molar-refractivity contribution < 1.29 is 26.0 Å². The molecule has 0 unspecified atom stereocenters. The third-order valence-electron chi connectivity index (χ3n) is 6.81. The molecule has 38 heavy (non-hydrogen) atoms. The molecule has 1 N–H and O–H groups in total. The third kappa shape index (κ3) is 5.15. The van der Waals surface area contributed by atoms with Gasteiger partial charge < -0.3 is 5.32 Å². The van der Waals surface area contributed by atoms with Gasteiger partial charge in [0.2, 0.25) is 15.9 Å². The number of anilines is 2. The lowest BCUT2D eigenvalue weighted by atomic mass is 9.98. The van der Waals surface area contributed by atoms with E-state index in [1.807, 2.05) is 0 Å². The van der Waals surface area contributed by atoms with E-state index >= 15 is 0 Å². The zero-order valence-corrected chi connectivity index (χ0v) is 22.6. The summed E-state index contributed by atoms with van der Waals surface area (Å²) >= 11 is 5.91. The molecule has 1 atom stereocenters. The van der Waals surface area contributed by atoms with Gasteiger partial charge in [0.1, 0.15) is 5.82 Å². The molecule has 0 saturated carbocycles. The normalized spacial score (nSPS) is 18.3. The summed E-state index contributed by atoms with van der Waals surface area (Å²) in [6.45, 7) is 0.532. The van der Waals surface area contributed by atoms with Crippen LogP contribution in [0.2, 0.25) is 5.02 Å². The maximum atomic E-state index is 13.3. The minimum Gasteiger partial charge on any atom is -0.326 e. The van der Waals surface area contributed by atoms with Crippen molar-refractivity contribution in [1.29, 1.82) is 0 Å². The minimum atomic E-state index is -3.87. The highest BCUT2D eigenvalue weighted by molar-refractivity contribution is 7.92. The topological polar surface area (TPSA) is 104 Å². The number of sulfonamides is 2. The smallest absolute Gasteiger partial charge is 0.264 e. The molecular weight excluding hydrogens is 553 g/mol. The van der Waals surface area contributed by atoms with Gasteiger partial charge in [0.25, 0.3) is 10.0 Å². The lowest BCUT2D eigenvalue weighted by Crippen LogP contribution is -2.43. The van der Waals surface area contributed by atoms with Crippen molar-refractivity contribution in [3.05, 3.63) is 83.1 Å². The number of nitrogens with zero attached hydrogens (tertiary/aromatic N) is 2. The molecule has 5 rings (SSSR count). The molecule has 2 aliphatic rings. The Kier molecular flexibility index (Phi) is 7.21. The summed E-state index contributed by atoms with van der Waals surface area (Å²) < 4.78 is 68.4. The summed E-state index contributed by atoms with van der Waals surface area (Å²) in [5.74, 6) is -1.48. The monoisotopic (exact) mass is 577 g/mol. The van der Waals surface area contributed by atoms with Crippen LogP contribution in [-0.4, -0.2) is 46.7 Å². The number of piperidine rings is 1. The Morgan fingerprint density at radius 2 is 1.55 bits per heavy atom. The highest BCUT2D eigenvalue weighted by atomic mass is 35.5. The van der Waals surface area contributed by atoms with Crippen LogP contribution < -0.4 is 9.62 Å². The van der Waals surface area contributed by atoms with Gasteiger partial charge in [-0.1, -0.05) is 17.7 Å². The lowest BCUT2D eigenvalue weighted by Gasteiger charge is -2.31. The Hall–Kier alpha value is -2.99. The zero-order chi connectivity index (χ0) is 27.1. The predicted molar refractivity (Wildman–Crippen MR) is 143 cm³/mol. The van der Waals surface area contributed by atoms with Crippen LogP contribution in [0.3, 0.4) is 0 Å². The molecule has 0 radical (unpaired) electrons. The van der Waals surface area contributed by atoms with Gasteiger partial charge in [0, 0.05) is 30.3 Å². The molecule has 2 aliphatic heterocycles. The van der Waals surface area contributed by atoms with Crippen LogP contribution >= 0.6 is 11.6 Å². The summed E-state index contributed by atoms with van der Waals surface area (Å²) in [4.78, 5) is 13.2. The minimum absolute atomic E-state index is 0.00639. The molecule has 1 saturated heterocycles. The van der Waals surface area contributed by atoms with Crippen molar-refractivity contribution in [3.8, 4) is 0 Å². The fourth-order valence-electron chi connectivity index (χ4n) is 4.79. The lowest BCUT2D eigenvalue weighted by molar-refractivity contribution is -0.120. The summed E-state index contributed by atoms with van der Waals surface area (Å²) in [6, 6.07) is 15.7. The number of hydrogen-bond donors (Lipinski definition) is 1. The van der Waals surface area contributed by atoms with Crippen LogP contribution in [0.25, 0.3) is 0 Å². The molecular formula is C26H25ClFN3O5S2. The second-order valence-corrected chi connectivity index (χ2v) is 13.5. The Morgan fingerprint density at radius 1 is 0.895 bits per heavy atom. The van der Waals surface area contributed by atoms with E-state index in [0.717, 1.165) is 17.7 Å². The van der Waals surface area contributed by atoms with Gasteiger partial charge >= 0.3 is 0 Å². The fraction of sp³-hybridized carbons (Fsp3) is 0.269. The number of nitrogens with one attached hydrogen (secondary N) is 1. The van der Waals surface area contributed by atoms with E-state index in [1.54, 1.807) is 18.2 Å². The molecule has 3 aromatic carbocycles. The van der Waals surface area contributed by atoms with E-state index in [-0.39, 0.29) is 35.3 Å². The Labute approximate surface area is 226 Å². The number of carbonyl (C=O) groups is 1. The second kappa shape index (κ2) is 10.3. The first-order chi connectivity index (χ1) is 18.1. The van der Waals surface area contributed by atoms with Gasteiger partial charge in [-0.25, -0.2) is 21.2 Å². The molecule has 0 spiro atoms. The zero-order valence-electron chi connectivity index (χ0n) is 20.2. The quantitative estimate of drug-likeness (QED) is 0.471. The van der Waals surface area contributed by atoms with Crippen molar-refractivity contribution in [1.82, 2.24) is 4.31 Å². The van der Waals surface area contributed by atoms with E-state index in [2.05, 4.69) is 5.32 Å². The van der Waals surface area contributed by atoms with Gasteiger partial charge in [0.05, 0.1) is 21.4 Å². The van der Waals surface area contributed by atoms with Gasteiger partial charge in [-0.05, 0) is 85.5 Å². The molecule has 1 amide bonds. The van der Waals surface area contributed by atoms with Crippen LogP contribution in [0.4, 0.5) is 15.8 Å². The first kappa shape index (κ1) is 26.6. The standard InChI is InChI=1S/C26H25ClFN3O5S2/c27-20-4-9-24(10-5-20)38(35,36)31-15-13-18-3-8-22(16-25(18)31)29-26(32)19-2-1-14-30(17-19)37(33,34)23-11-6-21(28)7-12-23/h3-12,16,19H,1-2,13-15,17H2,(H,29,32)/t19-/m0/s1. The van der Waals surface area contributed by atoms with E-state index in [9.17, 15) is 26.0 Å². The van der Waals surface area contributed by atoms with Gasteiger partial charge in [-0.3, -0.25) is 9.10 Å². The number of rotatable bonds is 6. The number of carbonyl (C=O) groups excluding carboxylic acids is 1. The van der Waals surface area contributed by atoms with Crippen LogP contribution in [0.15, 0.2) is 76.5 Å². The molecule has 2 heterocycles. The van der Waals surface area contributed by atoms with Crippen molar-refractivity contribution in [2.45, 2.75) is 29.1 Å². The van der Waals surface area contributed by atoms with Gasteiger partial charge in [-0.15, -0.1) is 0 Å². The molecule has 200 valence electrons. The maximum absolute atomic E-state index is 13.3.